The van der Waals surface area contributed by atoms with Crippen LogP contribution in [-0.2, 0) is 13.5 Å². The van der Waals surface area contributed by atoms with Crippen LogP contribution in [0, 0.1) is 5.41 Å². The first-order chi connectivity index (χ1) is 6.92. The Hall–Kier alpha value is -0.990. The van der Waals surface area contributed by atoms with Gasteiger partial charge in [-0.1, -0.05) is 27.7 Å². The Morgan fingerprint density at radius 1 is 1.40 bits per heavy atom. The van der Waals surface area contributed by atoms with E-state index in [2.05, 4.69) is 44.3 Å². The van der Waals surface area contributed by atoms with E-state index in [9.17, 15) is 0 Å². The fraction of sp³-hybridized carbons (Fsp3) is 0.750. The molecule has 0 bridgehead atoms. The summed E-state index contributed by atoms with van der Waals surface area (Å²) in [5.74, 6) is 0. The molecule has 0 saturated carbocycles. The molecule has 1 aromatic heterocycles. The predicted molar refractivity (Wildman–Crippen MR) is 65.1 cm³/mol. The van der Waals surface area contributed by atoms with Gasteiger partial charge < -0.3 is 5.32 Å². The third-order valence-corrected chi connectivity index (χ3v) is 2.43. The molecule has 0 radical (unpaired) electrons. The summed E-state index contributed by atoms with van der Waals surface area (Å²) in [6.07, 6.45) is 4.21. The average molecular weight is 209 g/mol. The average Bonchev–Trinajstić information content (AvgIpc) is 2.44. The van der Waals surface area contributed by atoms with Crippen LogP contribution in [0.1, 0.15) is 39.8 Å². The van der Waals surface area contributed by atoms with Gasteiger partial charge in [-0.3, -0.25) is 4.68 Å². The molecule has 86 valence electrons. The lowest BCUT2D eigenvalue weighted by molar-refractivity contribution is 0.390. The van der Waals surface area contributed by atoms with Gasteiger partial charge in [-0.05, 0) is 18.3 Å². The molecule has 1 N–H and O–H groups in total. The van der Waals surface area contributed by atoms with E-state index in [0.717, 1.165) is 18.7 Å². The Morgan fingerprint density at radius 2 is 2.07 bits per heavy atom. The van der Waals surface area contributed by atoms with Crippen molar-refractivity contribution in [1.82, 2.24) is 9.78 Å². The van der Waals surface area contributed by atoms with Crippen LogP contribution in [0.5, 0.6) is 0 Å². The number of rotatable bonds is 4. The van der Waals surface area contributed by atoms with Crippen molar-refractivity contribution in [3.8, 4) is 0 Å². The van der Waals surface area contributed by atoms with Crippen molar-refractivity contribution in [3.05, 3.63) is 11.9 Å². The van der Waals surface area contributed by atoms with Crippen LogP contribution in [0.25, 0.3) is 0 Å². The number of aryl methyl sites for hydroxylation is 2. The lowest BCUT2D eigenvalue weighted by Crippen LogP contribution is -2.13. The molecule has 1 rings (SSSR count). The minimum atomic E-state index is 0.390. The molecule has 0 aliphatic rings. The van der Waals surface area contributed by atoms with Gasteiger partial charge in [-0.25, -0.2) is 0 Å². The van der Waals surface area contributed by atoms with Gasteiger partial charge in [0.25, 0.3) is 0 Å². The SMILES string of the molecule is CCc1nn(C)cc1NCCC(C)(C)C. The Labute approximate surface area is 92.9 Å². The lowest BCUT2D eigenvalue weighted by Gasteiger charge is -2.18. The summed E-state index contributed by atoms with van der Waals surface area (Å²) < 4.78 is 1.87. The minimum absolute atomic E-state index is 0.390. The smallest absolute Gasteiger partial charge is 0.0853 e. The van der Waals surface area contributed by atoms with Crippen molar-refractivity contribution in [2.24, 2.45) is 12.5 Å². The molecule has 0 aromatic carbocycles. The number of nitrogens with one attached hydrogen (secondary N) is 1. The van der Waals surface area contributed by atoms with Crippen LogP contribution in [0.3, 0.4) is 0 Å². The highest BCUT2D eigenvalue weighted by molar-refractivity contribution is 5.46. The molecule has 0 unspecified atom stereocenters. The third-order valence-electron chi connectivity index (χ3n) is 2.43. The van der Waals surface area contributed by atoms with Crippen LogP contribution in [0.15, 0.2) is 6.20 Å². The maximum Gasteiger partial charge on any atom is 0.0853 e. The zero-order chi connectivity index (χ0) is 11.5. The first kappa shape index (κ1) is 12.1. The van der Waals surface area contributed by atoms with Crippen LogP contribution >= 0.6 is 0 Å². The number of anilines is 1. The van der Waals surface area contributed by atoms with Gasteiger partial charge in [0.1, 0.15) is 0 Å². The standard InChI is InChI=1S/C12H23N3/c1-6-10-11(9-15(5)14-10)13-8-7-12(2,3)4/h9,13H,6-8H2,1-5H3. The summed E-state index contributed by atoms with van der Waals surface area (Å²) in [5.41, 5.74) is 2.73. The highest BCUT2D eigenvalue weighted by Crippen LogP contribution is 2.19. The normalized spacial score (nSPS) is 11.8. The summed E-state index contributed by atoms with van der Waals surface area (Å²) >= 11 is 0. The van der Waals surface area contributed by atoms with Crippen molar-refractivity contribution in [3.63, 3.8) is 0 Å². The third kappa shape index (κ3) is 3.94. The first-order valence-electron chi connectivity index (χ1n) is 5.69. The molecule has 15 heavy (non-hydrogen) atoms. The van der Waals surface area contributed by atoms with Crippen LogP contribution in [0.4, 0.5) is 5.69 Å². The monoisotopic (exact) mass is 209 g/mol. The largest absolute Gasteiger partial charge is 0.382 e. The predicted octanol–water partition coefficient (Wildman–Crippen LogP) is 2.83. The second kappa shape index (κ2) is 4.69. The highest BCUT2D eigenvalue weighted by atomic mass is 15.3. The molecule has 3 nitrogen and oxygen atoms in total. The second-order valence-corrected chi connectivity index (χ2v) is 5.25. The minimum Gasteiger partial charge on any atom is -0.382 e. The van der Waals surface area contributed by atoms with Crippen LogP contribution in [0.2, 0.25) is 0 Å². The van der Waals surface area contributed by atoms with Crippen molar-refractivity contribution in [2.45, 2.75) is 40.5 Å². The van der Waals surface area contributed by atoms with Gasteiger partial charge in [-0.2, -0.15) is 5.10 Å². The van der Waals surface area contributed by atoms with Gasteiger partial charge in [0.05, 0.1) is 11.4 Å². The Bertz CT molecular complexity index is 307. The molecule has 1 aromatic rings. The molecular weight excluding hydrogens is 186 g/mol. The van der Waals surface area contributed by atoms with E-state index in [0.29, 0.717) is 5.41 Å². The molecular formula is C12H23N3. The summed E-state index contributed by atoms with van der Waals surface area (Å²) in [6, 6.07) is 0. The summed E-state index contributed by atoms with van der Waals surface area (Å²) in [4.78, 5) is 0. The fourth-order valence-corrected chi connectivity index (χ4v) is 1.52. The van der Waals surface area contributed by atoms with Crippen LogP contribution < -0.4 is 5.32 Å². The molecule has 0 spiro atoms. The van der Waals surface area contributed by atoms with Gasteiger partial charge >= 0.3 is 0 Å². The van der Waals surface area contributed by atoms with Gasteiger partial charge in [-0.15, -0.1) is 0 Å². The van der Waals surface area contributed by atoms with Gasteiger partial charge in [0, 0.05) is 19.8 Å². The second-order valence-electron chi connectivity index (χ2n) is 5.25. The van der Waals surface area contributed by atoms with E-state index in [-0.39, 0.29) is 0 Å². The molecule has 1 heterocycles. The Kier molecular flexibility index (Phi) is 3.77. The first-order valence-corrected chi connectivity index (χ1v) is 5.69. The molecule has 3 heteroatoms. The number of hydrogen-bond donors (Lipinski definition) is 1. The van der Waals surface area contributed by atoms with Gasteiger partial charge in [0.2, 0.25) is 0 Å². The number of aromatic nitrogens is 2. The molecule has 0 amide bonds. The molecule has 0 fully saturated rings. The van der Waals surface area contributed by atoms with E-state index in [1.54, 1.807) is 0 Å². The number of hydrogen-bond acceptors (Lipinski definition) is 2. The van der Waals surface area contributed by atoms with E-state index < -0.39 is 0 Å². The quantitative estimate of drug-likeness (QED) is 0.826. The van der Waals surface area contributed by atoms with Crippen LogP contribution in [-0.4, -0.2) is 16.3 Å². The van der Waals surface area contributed by atoms with E-state index in [1.165, 1.54) is 12.1 Å². The summed E-state index contributed by atoms with van der Waals surface area (Å²) in [5, 5.41) is 7.86. The Balaban J connectivity index is 2.50. The number of nitrogens with zero attached hydrogens (tertiary/aromatic N) is 2. The molecule has 0 saturated heterocycles. The topological polar surface area (TPSA) is 29.9 Å². The van der Waals surface area contributed by atoms with E-state index in [1.807, 2.05) is 11.7 Å². The maximum atomic E-state index is 4.40. The summed E-state index contributed by atoms with van der Waals surface area (Å²) in [7, 11) is 1.97. The maximum absolute atomic E-state index is 4.40. The Morgan fingerprint density at radius 3 is 2.60 bits per heavy atom. The summed E-state index contributed by atoms with van der Waals surface area (Å²) in [6.45, 7) is 9.94. The molecule has 0 atom stereocenters. The lowest BCUT2D eigenvalue weighted by atomic mass is 9.92. The van der Waals surface area contributed by atoms with Crippen molar-refractivity contribution < 1.29 is 0 Å². The molecule has 0 aliphatic heterocycles. The van der Waals surface area contributed by atoms with E-state index in [4.69, 9.17) is 0 Å². The van der Waals surface area contributed by atoms with Crippen molar-refractivity contribution >= 4 is 5.69 Å². The fourth-order valence-electron chi connectivity index (χ4n) is 1.52. The van der Waals surface area contributed by atoms with Crippen molar-refractivity contribution in [2.75, 3.05) is 11.9 Å². The highest BCUT2D eigenvalue weighted by Gasteiger charge is 2.10. The zero-order valence-electron chi connectivity index (χ0n) is 10.6. The van der Waals surface area contributed by atoms with Gasteiger partial charge in [0.15, 0.2) is 0 Å². The van der Waals surface area contributed by atoms with Crippen molar-refractivity contribution in [1.29, 1.82) is 0 Å². The van der Waals surface area contributed by atoms with E-state index >= 15 is 0 Å². The zero-order valence-corrected chi connectivity index (χ0v) is 10.6. The molecule has 0 aliphatic carbocycles.